The third-order valence-corrected chi connectivity index (χ3v) is 4.61. The van der Waals surface area contributed by atoms with Crippen LogP contribution in [0.2, 0.25) is 0 Å². The van der Waals surface area contributed by atoms with Crippen molar-refractivity contribution < 1.29 is 14.2 Å². The van der Waals surface area contributed by atoms with Crippen LogP contribution < -0.4 is 14.8 Å². The minimum Gasteiger partial charge on any atom is -0.490 e. The summed E-state index contributed by atoms with van der Waals surface area (Å²) >= 11 is 0. The van der Waals surface area contributed by atoms with Gasteiger partial charge < -0.3 is 19.5 Å². The summed E-state index contributed by atoms with van der Waals surface area (Å²) in [4.78, 5) is 0. The molecule has 116 valence electrons. The van der Waals surface area contributed by atoms with E-state index in [-0.39, 0.29) is 11.6 Å². The molecule has 2 heterocycles. The Kier molecular flexibility index (Phi) is 4.36. The molecule has 0 aromatic heterocycles. The van der Waals surface area contributed by atoms with Crippen molar-refractivity contribution in [2.75, 3.05) is 26.4 Å². The largest absolute Gasteiger partial charge is 0.490 e. The molecule has 4 nitrogen and oxygen atoms in total. The lowest BCUT2D eigenvalue weighted by molar-refractivity contribution is 0.0651. The first-order valence-electron chi connectivity index (χ1n) is 7.96. The highest BCUT2D eigenvalue weighted by Crippen LogP contribution is 2.34. The molecule has 0 bridgehead atoms. The predicted molar refractivity (Wildman–Crippen MR) is 82.1 cm³/mol. The Labute approximate surface area is 126 Å². The van der Waals surface area contributed by atoms with Crippen molar-refractivity contribution in [2.24, 2.45) is 0 Å². The van der Waals surface area contributed by atoms with Crippen LogP contribution >= 0.6 is 0 Å². The number of fused-ring (bicyclic) bond motifs is 1. The molecule has 1 N–H and O–H groups in total. The van der Waals surface area contributed by atoms with Crippen LogP contribution in [0, 0.1) is 0 Å². The highest BCUT2D eigenvalue weighted by Gasteiger charge is 2.28. The monoisotopic (exact) mass is 291 g/mol. The van der Waals surface area contributed by atoms with Crippen LogP contribution in [0.4, 0.5) is 0 Å². The molecule has 3 rings (SSSR count). The molecule has 2 atom stereocenters. The Hall–Kier alpha value is -1.26. The third kappa shape index (κ3) is 3.33. The molecule has 2 aliphatic rings. The number of hydrogen-bond acceptors (Lipinski definition) is 4. The van der Waals surface area contributed by atoms with Crippen molar-refractivity contribution in [1.82, 2.24) is 5.32 Å². The van der Waals surface area contributed by atoms with Gasteiger partial charge in [-0.25, -0.2) is 0 Å². The van der Waals surface area contributed by atoms with Gasteiger partial charge in [-0.3, -0.25) is 0 Å². The van der Waals surface area contributed by atoms with Gasteiger partial charge in [0.15, 0.2) is 11.5 Å². The quantitative estimate of drug-likeness (QED) is 0.909. The minimum atomic E-state index is 0.0792. The van der Waals surface area contributed by atoms with Crippen LogP contribution in [-0.4, -0.2) is 31.9 Å². The molecule has 4 heteroatoms. The summed E-state index contributed by atoms with van der Waals surface area (Å²) in [5.41, 5.74) is 1.34. The molecule has 2 unspecified atom stereocenters. The van der Waals surface area contributed by atoms with E-state index in [1.807, 2.05) is 6.07 Å². The van der Waals surface area contributed by atoms with Gasteiger partial charge in [0.25, 0.3) is 0 Å². The molecule has 0 saturated carbocycles. The molecule has 0 spiro atoms. The SMILES string of the molecule is CCC1(C)CCOC(c2ccc3c(c2)OCCCO3)CN1. The lowest BCUT2D eigenvalue weighted by atomic mass is 9.95. The molecule has 0 aliphatic carbocycles. The van der Waals surface area contributed by atoms with Gasteiger partial charge in [-0.2, -0.15) is 0 Å². The summed E-state index contributed by atoms with van der Waals surface area (Å²) in [5, 5.41) is 3.65. The zero-order valence-electron chi connectivity index (χ0n) is 13.0. The maximum atomic E-state index is 6.05. The number of nitrogens with one attached hydrogen (secondary N) is 1. The number of hydrogen-bond donors (Lipinski definition) is 1. The molecule has 0 amide bonds. The normalized spacial score (nSPS) is 29.5. The van der Waals surface area contributed by atoms with E-state index >= 15 is 0 Å². The van der Waals surface area contributed by atoms with Crippen molar-refractivity contribution in [3.63, 3.8) is 0 Å². The van der Waals surface area contributed by atoms with Gasteiger partial charge in [-0.1, -0.05) is 13.0 Å². The van der Waals surface area contributed by atoms with Gasteiger partial charge in [0, 0.05) is 25.1 Å². The second-order valence-electron chi connectivity index (χ2n) is 6.16. The second kappa shape index (κ2) is 6.24. The van der Waals surface area contributed by atoms with E-state index in [9.17, 15) is 0 Å². The van der Waals surface area contributed by atoms with Gasteiger partial charge in [0.05, 0.1) is 19.3 Å². The van der Waals surface area contributed by atoms with Crippen LogP contribution in [0.15, 0.2) is 18.2 Å². The zero-order chi connectivity index (χ0) is 14.7. The fourth-order valence-corrected chi connectivity index (χ4v) is 2.81. The first-order chi connectivity index (χ1) is 10.2. The molecule has 0 radical (unpaired) electrons. The molecule has 1 saturated heterocycles. The van der Waals surface area contributed by atoms with Crippen LogP contribution in [0.25, 0.3) is 0 Å². The fraction of sp³-hybridized carbons (Fsp3) is 0.647. The van der Waals surface area contributed by atoms with E-state index < -0.39 is 0 Å². The maximum absolute atomic E-state index is 6.05. The van der Waals surface area contributed by atoms with Gasteiger partial charge in [0.1, 0.15) is 0 Å². The first kappa shape index (κ1) is 14.7. The summed E-state index contributed by atoms with van der Waals surface area (Å²) in [5.74, 6) is 1.69. The van der Waals surface area contributed by atoms with Crippen LogP contribution in [-0.2, 0) is 4.74 Å². The smallest absolute Gasteiger partial charge is 0.161 e. The average molecular weight is 291 g/mol. The summed E-state index contributed by atoms with van der Waals surface area (Å²) in [6.45, 7) is 7.56. The molecular formula is C17H25NO3. The molecule has 1 aromatic carbocycles. The van der Waals surface area contributed by atoms with Gasteiger partial charge in [-0.05, 0) is 37.5 Å². The van der Waals surface area contributed by atoms with Crippen molar-refractivity contribution in [1.29, 1.82) is 0 Å². The Balaban J connectivity index is 1.76. The van der Waals surface area contributed by atoms with Crippen molar-refractivity contribution in [2.45, 2.75) is 44.8 Å². The Morgan fingerprint density at radius 2 is 2.00 bits per heavy atom. The topological polar surface area (TPSA) is 39.7 Å². The zero-order valence-corrected chi connectivity index (χ0v) is 13.0. The molecule has 1 aromatic rings. The maximum Gasteiger partial charge on any atom is 0.161 e. The summed E-state index contributed by atoms with van der Waals surface area (Å²) in [6.07, 6.45) is 3.17. The standard InChI is InChI=1S/C17H25NO3/c1-3-17(2)7-10-21-16(12-18-17)13-5-6-14-15(11-13)20-9-4-8-19-14/h5-6,11,16,18H,3-4,7-10,12H2,1-2H3. The van der Waals surface area contributed by atoms with Crippen molar-refractivity contribution in [3.8, 4) is 11.5 Å². The number of rotatable bonds is 2. The Bertz CT molecular complexity index is 491. The summed E-state index contributed by atoms with van der Waals surface area (Å²) < 4.78 is 17.5. The van der Waals surface area contributed by atoms with Crippen LogP contribution in [0.3, 0.4) is 0 Å². The van der Waals surface area contributed by atoms with Crippen molar-refractivity contribution in [3.05, 3.63) is 23.8 Å². The highest BCUT2D eigenvalue weighted by molar-refractivity contribution is 5.44. The van der Waals surface area contributed by atoms with E-state index in [2.05, 4.69) is 31.3 Å². The molecule has 1 fully saturated rings. The van der Waals surface area contributed by atoms with Gasteiger partial charge >= 0.3 is 0 Å². The Morgan fingerprint density at radius 3 is 2.81 bits per heavy atom. The van der Waals surface area contributed by atoms with E-state index in [1.165, 1.54) is 0 Å². The van der Waals surface area contributed by atoms with E-state index in [0.29, 0.717) is 6.61 Å². The lowest BCUT2D eigenvalue weighted by Crippen LogP contribution is -2.42. The van der Waals surface area contributed by atoms with Crippen molar-refractivity contribution >= 4 is 0 Å². The fourth-order valence-electron chi connectivity index (χ4n) is 2.81. The Morgan fingerprint density at radius 1 is 1.19 bits per heavy atom. The predicted octanol–water partition coefficient (Wildman–Crippen LogP) is 3.07. The summed E-state index contributed by atoms with van der Waals surface area (Å²) in [7, 11) is 0. The number of ether oxygens (including phenoxy) is 3. The second-order valence-corrected chi connectivity index (χ2v) is 6.16. The molecular weight excluding hydrogens is 266 g/mol. The average Bonchev–Trinajstić information content (AvgIpc) is 2.85. The minimum absolute atomic E-state index is 0.0792. The van der Waals surface area contributed by atoms with E-state index in [1.54, 1.807) is 0 Å². The van der Waals surface area contributed by atoms with Gasteiger partial charge in [0.2, 0.25) is 0 Å². The van der Waals surface area contributed by atoms with Gasteiger partial charge in [-0.15, -0.1) is 0 Å². The number of benzene rings is 1. The third-order valence-electron chi connectivity index (χ3n) is 4.61. The first-order valence-corrected chi connectivity index (χ1v) is 7.96. The molecule has 2 aliphatic heterocycles. The van der Waals surface area contributed by atoms with Crippen LogP contribution in [0.1, 0.15) is 44.8 Å². The highest BCUT2D eigenvalue weighted by atomic mass is 16.5. The van der Waals surface area contributed by atoms with E-state index in [4.69, 9.17) is 14.2 Å². The van der Waals surface area contributed by atoms with Crippen LogP contribution in [0.5, 0.6) is 11.5 Å². The summed E-state index contributed by atoms with van der Waals surface area (Å²) in [6, 6.07) is 6.17. The lowest BCUT2D eigenvalue weighted by Gasteiger charge is -2.27. The molecule has 21 heavy (non-hydrogen) atoms. The van der Waals surface area contributed by atoms with E-state index in [0.717, 1.165) is 56.1 Å².